The molecule has 5 rings (SSSR count). The molecule has 1 aliphatic rings. The van der Waals surface area contributed by atoms with Crippen LogP contribution in [0, 0.1) is 0 Å². The molecule has 0 unspecified atom stereocenters. The quantitative estimate of drug-likeness (QED) is 0.307. The average Bonchev–Trinajstić information content (AvgIpc) is 3.36. The van der Waals surface area contributed by atoms with Crippen molar-refractivity contribution >= 4 is 34.3 Å². The first-order valence-electron chi connectivity index (χ1n) is 9.72. The van der Waals surface area contributed by atoms with E-state index in [2.05, 4.69) is 24.7 Å². The lowest BCUT2D eigenvalue weighted by molar-refractivity contribution is 0.102. The second kappa shape index (κ2) is 7.27. The lowest BCUT2D eigenvalue weighted by atomic mass is 10.1. The maximum absolute atomic E-state index is 12.7. The molecule has 3 heterocycles. The summed E-state index contributed by atoms with van der Waals surface area (Å²) in [6.45, 7) is 0. The highest BCUT2D eigenvalue weighted by molar-refractivity contribution is 7.99. The number of carbonyl (C=O) groups excluding carboxylic acids is 1. The van der Waals surface area contributed by atoms with E-state index in [0.29, 0.717) is 5.16 Å². The van der Waals surface area contributed by atoms with Crippen molar-refractivity contribution in [3.63, 3.8) is 0 Å². The molecular weight excluding hydrogens is 418 g/mol. The van der Waals surface area contributed by atoms with Gasteiger partial charge >= 0.3 is 5.69 Å². The zero-order valence-corrected chi connectivity index (χ0v) is 17.4. The van der Waals surface area contributed by atoms with E-state index in [1.807, 2.05) is 30.5 Å². The van der Waals surface area contributed by atoms with E-state index in [4.69, 9.17) is 5.73 Å². The van der Waals surface area contributed by atoms with E-state index in [1.165, 1.54) is 18.8 Å². The zero-order chi connectivity index (χ0) is 21.7. The van der Waals surface area contributed by atoms with Crippen molar-refractivity contribution in [3.05, 3.63) is 56.9 Å². The minimum Gasteiger partial charge on any atom is -0.384 e. The number of Topliss-reactive ketones (excluding diaryl/α,β-unsaturated/α-hetero) is 1. The van der Waals surface area contributed by atoms with Gasteiger partial charge in [0, 0.05) is 35.8 Å². The van der Waals surface area contributed by atoms with Crippen molar-refractivity contribution in [1.29, 1.82) is 0 Å². The minimum absolute atomic E-state index is 0.0514. The molecule has 0 spiro atoms. The first-order chi connectivity index (χ1) is 15.0. The third-order valence-corrected chi connectivity index (χ3v) is 6.33. The van der Waals surface area contributed by atoms with Crippen LogP contribution in [0.5, 0.6) is 0 Å². The third-order valence-electron chi connectivity index (χ3n) is 5.39. The molecule has 1 fully saturated rings. The van der Waals surface area contributed by atoms with Gasteiger partial charge in [-0.15, -0.1) is 10.2 Å². The number of para-hydroxylation sites is 1. The lowest BCUT2D eigenvalue weighted by Crippen LogP contribution is -2.35. The Labute approximate surface area is 179 Å². The first-order valence-corrected chi connectivity index (χ1v) is 10.7. The van der Waals surface area contributed by atoms with E-state index in [-0.39, 0.29) is 23.2 Å². The van der Waals surface area contributed by atoms with Crippen LogP contribution < -0.4 is 17.0 Å². The summed E-state index contributed by atoms with van der Waals surface area (Å²) < 4.78 is 3.10. The maximum Gasteiger partial charge on any atom is 0.329 e. The number of aromatic nitrogens is 6. The largest absolute Gasteiger partial charge is 0.384 e. The molecule has 158 valence electrons. The number of aromatic amines is 2. The molecule has 3 aromatic heterocycles. The van der Waals surface area contributed by atoms with Gasteiger partial charge < -0.3 is 10.7 Å². The second-order valence-electron chi connectivity index (χ2n) is 7.45. The molecule has 0 radical (unpaired) electrons. The fourth-order valence-electron chi connectivity index (χ4n) is 3.59. The molecule has 1 aliphatic carbocycles. The Hall–Kier alpha value is -3.60. The number of nitrogens with one attached hydrogen (secondary N) is 2. The van der Waals surface area contributed by atoms with Gasteiger partial charge in [-0.05, 0) is 18.9 Å². The van der Waals surface area contributed by atoms with Crippen molar-refractivity contribution in [1.82, 2.24) is 29.3 Å². The van der Waals surface area contributed by atoms with E-state index in [9.17, 15) is 14.4 Å². The molecule has 31 heavy (non-hydrogen) atoms. The minimum atomic E-state index is -0.783. The van der Waals surface area contributed by atoms with E-state index in [1.54, 1.807) is 0 Å². The number of ketones is 1. The highest BCUT2D eigenvalue weighted by Crippen LogP contribution is 2.42. The van der Waals surface area contributed by atoms with E-state index in [0.717, 1.165) is 39.7 Å². The van der Waals surface area contributed by atoms with Crippen molar-refractivity contribution in [2.75, 3.05) is 11.5 Å². The predicted molar refractivity (Wildman–Crippen MR) is 117 cm³/mol. The summed E-state index contributed by atoms with van der Waals surface area (Å²) in [5.41, 5.74) is 6.14. The number of benzene rings is 1. The Morgan fingerprint density at radius 3 is 2.81 bits per heavy atom. The molecular formula is C20H19N7O3S. The second-order valence-corrected chi connectivity index (χ2v) is 8.39. The Bertz CT molecular complexity index is 1440. The molecule has 0 bridgehead atoms. The highest BCUT2D eigenvalue weighted by Gasteiger charge is 2.31. The molecule has 0 aliphatic heterocycles. The van der Waals surface area contributed by atoms with Crippen LogP contribution in [-0.2, 0) is 7.05 Å². The van der Waals surface area contributed by atoms with Crippen molar-refractivity contribution < 1.29 is 4.79 Å². The highest BCUT2D eigenvalue weighted by atomic mass is 32.2. The Kier molecular flexibility index (Phi) is 4.54. The van der Waals surface area contributed by atoms with Crippen LogP contribution in [0.1, 0.15) is 29.2 Å². The number of hydrogen-bond acceptors (Lipinski definition) is 7. The topological polar surface area (TPSA) is 144 Å². The Morgan fingerprint density at radius 2 is 2.03 bits per heavy atom. The molecule has 4 N–H and O–H groups in total. The number of fused-ring (bicyclic) bond motifs is 1. The number of carbonyl (C=O) groups is 1. The lowest BCUT2D eigenvalue weighted by Gasteiger charge is -2.09. The zero-order valence-electron chi connectivity index (χ0n) is 16.6. The Morgan fingerprint density at radius 1 is 1.26 bits per heavy atom. The SMILES string of the molecule is Cn1c(N)c(C(=O)CSc2nnc(-c3c[nH]c4ccccc34)n2C2CC2)c(=O)[nH]c1=O. The van der Waals surface area contributed by atoms with Gasteiger partial charge in [0.15, 0.2) is 16.8 Å². The fraction of sp³-hybridized carbons (Fsp3) is 0.250. The van der Waals surface area contributed by atoms with Gasteiger partial charge in [-0.2, -0.15) is 0 Å². The summed E-state index contributed by atoms with van der Waals surface area (Å²) in [6, 6.07) is 8.25. The van der Waals surface area contributed by atoms with Gasteiger partial charge in [-0.1, -0.05) is 30.0 Å². The number of anilines is 1. The van der Waals surface area contributed by atoms with Gasteiger partial charge in [0.25, 0.3) is 5.56 Å². The molecule has 1 saturated carbocycles. The molecule has 10 nitrogen and oxygen atoms in total. The van der Waals surface area contributed by atoms with Crippen LogP contribution in [0.15, 0.2) is 45.2 Å². The smallest absolute Gasteiger partial charge is 0.329 e. The molecule has 0 amide bonds. The van der Waals surface area contributed by atoms with Gasteiger partial charge in [0.1, 0.15) is 11.4 Å². The third kappa shape index (κ3) is 3.26. The molecule has 11 heteroatoms. The van der Waals surface area contributed by atoms with E-state index >= 15 is 0 Å². The normalized spacial score (nSPS) is 13.7. The number of nitrogens with two attached hydrogens (primary N) is 1. The van der Waals surface area contributed by atoms with Crippen LogP contribution in [0.2, 0.25) is 0 Å². The first kappa shape index (κ1) is 19.4. The average molecular weight is 437 g/mol. The van der Waals surface area contributed by atoms with Gasteiger partial charge in [-0.3, -0.25) is 23.7 Å². The summed E-state index contributed by atoms with van der Waals surface area (Å²) in [7, 11) is 1.40. The van der Waals surface area contributed by atoms with Crippen LogP contribution in [0.3, 0.4) is 0 Å². The molecule has 0 saturated heterocycles. The predicted octanol–water partition coefficient (Wildman–Crippen LogP) is 1.71. The number of hydrogen-bond donors (Lipinski definition) is 3. The number of rotatable bonds is 6. The standard InChI is InChI=1S/C20H19N7O3S/c1-26-16(21)15(18(29)23-19(26)30)14(28)9-31-20-25-24-17(27(20)10-6-7-10)12-8-22-13-5-3-2-4-11(12)13/h2-5,8,10,22H,6-7,9,21H2,1H3,(H,23,29,30). The molecule has 4 aromatic rings. The number of nitrogen functional groups attached to an aromatic ring is 1. The molecule has 0 atom stereocenters. The van der Waals surface area contributed by atoms with Crippen LogP contribution >= 0.6 is 11.8 Å². The van der Waals surface area contributed by atoms with Crippen molar-refractivity contribution in [3.8, 4) is 11.4 Å². The summed E-state index contributed by atoms with van der Waals surface area (Å²) in [6.07, 6.45) is 3.95. The molecule has 1 aromatic carbocycles. The summed E-state index contributed by atoms with van der Waals surface area (Å²) in [5.74, 6) is 0.0692. The number of nitrogens with zero attached hydrogens (tertiary/aromatic N) is 4. The summed E-state index contributed by atoms with van der Waals surface area (Å²) in [4.78, 5) is 41.9. The van der Waals surface area contributed by atoms with Crippen LogP contribution in [0.4, 0.5) is 5.82 Å². The van der Waals surface area contributed by atoms with Gasteiger partial charge in [0.2, 0.25) is 0 Å². The Balaban J connectivity index is 1.46. The van der Waals surface area contributed by atoms with Gasteiger partial charge in [0.05, 0.1) is 5.75 Å². The number of thioether (sulfide) groups is 1. The number of H-pyrrole nitrogens is 2. The monoisotopic (exact) mass is 437 g/mol. The van der Waals surface area contributed by atoms with Crippen molar-refractivity contribution in [2.45, 2.75) is 24.0 Å². The van der Waals surface area contributed by atoms with E-state index < -0.39 is 17.0 Å². The van der Waals surface area contributed by atoms with Crippen LogP contribution in [-0.4, -0.2) is 40.8 Å². The fourth-order valence-corrected chi connectivity index (χ4v) is 4.46. The summed E-state index contributed by atoms with van der Waals surface area (Å²) >= 11 is 1.20. The summed E-state index contributed by atoms with van der Waals surface area (Å²) in [5, 5.41) is 10.4. The van der Waals surface area contributed by atoms with Crippen LogP contribution in [0.25, 0.3) is 22.3 Å². The van der Waals surface area contributed by atoms with Gasteiger partial charge in [-0.25, -0.2) is 4.79 Å². The van der Waals surface area contributed by atoms with Crippen molar-refractivity contribution in [2.24, 2.45) is 7.05 Å². The maximum atomic E-state index is 12.7.